The number of nitrogens with one attached hydrogen (secondary N) is 2. The highest BCUT2D eigenvalue weighted by molar-refractivity contribution is 7.97. The number of unbranched alkanes of at least 4 members (excludes halogenated alkanes) is 7. The first-order valence-electron chi connectivity index (χ1n) is 12.9. The minimum absolute atomic E-state index is 0.0258. The molecule has 2 aromatic carbocycles. The molecule has 2 N–H and O–H groups in total. The number of aromatic nitrogens is 1. The molecular weight excluding hydrogens is 426 g/mol. The Hall–Kier alpha value is -1.98. The molecule has 4 nitrogen and oxygen atoms in total. The molecule has 0 fully saturated rings. The minimum atomic E-state index is 0.0258. The maximum absolute atomic E-state index is 12.7. The summed E-state index contributed by atoms with van der Waals surface area (Å²) in [5.74, 6) is 1.24. The number of hydrogen-bond acceptors (Lipinski definition) is 3. The number of para-hydroxylation sites is 1. The molecule has 3 rings (SSSR count). The van der Waals surface area contributed by atoms with Crippen LogP contribution in [-0.4, -0.2) is 29.3 Å². The van der Waals surface area contributed by atoms with E-state index in [0.717, 1.165) is 49.8 Å². The maximum atomic E-state index is 12.7. The average molecular weight is 468 g/mol. The van der Waals surface area contributed by atoms with Crippen LogP contribution >= 0.6 is 11.9 Å². The topological polar surface area (TPSA) is 46.1 Å². The van der Waals surface area contributed by atoms with Gasteiger partial charge in [0.05, 0.1) is 0 Å². The minimum Gasteiger partial charge on any atom is -0.352 e. The quantitative estimate of drug-likeness (QED) is 0.171. The number of hydrogen-bond donors (Lipinski definition) is 2. The summed E-state index contributed by atoms with van der Waals surface area (Å²) in [6.07, 6.45) is 11.5. The van der Waals surface area contributed by atoms with Gasteiger partial charge in [-0.1, -0.05) is 75.6 Å². The number of benzene rings is 2. The van der Waals surface area contributed by atoms with Gasteiger partial charge in [-0.15, -0.1) is 0 Å². The largest absolute Gasteiger partial charge is 0.352 e. The Kier molecular flexibility index (Phi) is 11.1. The van der Waals surface area contributed by atoms with E-state index in [1.165, 1.54) is 60.7 Å². The molecular formula is C28H41N3OS. The van der Waals surface area contributed by atoms with Gasteiger partial charge in [0.15, 0.2) is 0 Å². The van der Waals surface area contributed by atoms with Crippen LogP contribution in [0, 0.1) is 0 Å². The third kappa shape index (κ3) is 7.51. The van der Waals surface area contributed by atoms with Gasteiger partial charge in [0.2, 0.25) is 0 Å². The first-order valence-corrected chi connectivity index (χ1v) is 13.9. The van der Waals surface area contributed by atoms with Crippen molar-refractivity contribution in [1.29, 1.82) is 0 Å². The lowest BCUT2D eigenvalue weighted by molar-refractivity contribution is 0.0953. The number of fused-ring (bicyclic) bond motifs is 3. The number of rotatable bonds is 16. The molecule has 0 radical (unpaired) electrons. The summed E-state index contributed by atoms with van der Waals surface area (Å²) in [6.45, 7) is 7.13. The van der Waals surface area contributed by atoms with Crippen LogP contribution in [0.1, 0.15) is 82.0 Å². The van der Waals surface area contributed by atoms with Crippen LogP contribution in [-0.2, 0) is 6.54 Å². The lowest BCUT2D eigenvalue weighted by Gasteiger charge is -2.07. The first kappa shape index (κ1) is 25.6. The molecule has 33 heavy (non-hydrogen) atoms. The average Bonchev–Trinajstić information content (AvgIpc) is 3.17. The predicted molar refractivity (Wildman–Crippen MR) is 145 cm³/mol. The van der Waals surface area contributed by atoms with Crippen molar-refractivity contribution in [3.8, 4) is 0 Å². The summed E-state index contributed by atoms with van der Waals surface area (Å²) in [5.41, 5.74) is 3.16. The van der Waals surface area contributed by atoms with Gasteiger partial charge < -0.3 is 9.88 Å². The number of carbonyl (C=O) groups excluding carboxylic acids is 1. The Balaban J connectivity index is 1.32. The molecule has 1 amide bonds. The zero-order valence-electron chi connectivity index (χ0n) is 20.5. The van der Waals surface area contributed by atoms with Crippen LogP contribution in [0.5, 0.6) is 0 Å². The highest BCUT2D eigenvalue weighted by Gasteiger charge is 2.12. The van der Waals surface area contributed by atoms with Gasteiger partial charge in [-0.05, 0) is 50.5 Å². The van der Waals surface area contributed by atoms with E-state index < -0.39 is 0 Å². The lowest BCUT2D eigenvalue weighted by Crippen LogP contribution is -2.24. The normalized spacial score (nSPS) is 11.5. The van der Waals surface area contributed by atoms with Gasteiger partial charge in [-0.25, -0.2) is 0 Å². The van der Waals surface area contributed by atoms with Crippen LogP contribution < -0.4 is 10.0 Å². The second-order valence-electron chi connectivity index (χ2n) is 8.82. The van der Waals surface area contributed by atoms with Crippen LogP contribution in [0.4, 0.5) is 0 Å². The molecule has 1 heterocycles. The Bertz CT molecular complexity index is 997. The molecule has 0 saturated carbocycles. The van der Waals surface area contributed by atoms with Crippen LogP contribution in [0.25, 0.3) is 21.8 Å². The maximum Gasteiger partial charge on any atom is 0.251 e. The lowest BCUT2D eigenvalue weighted by atomic mass is 10.1. The van der Waals surface area contributed by atoms with Crippen LogP contribution in [0.3, 0.4) is 0 Å². The molecule has 0 aliphatic rings. The van der Waals surface area contributed by atoms with E-state index in [1.54, 1.807) is 0 Å². The second kappa shape index (κ2) is 14.3. The van der Waals surface area contributed by atoms with Crippen LogP contribution in [0.15, 0.2) is 42.5 Å². The highest BCUT2D eigenvalue weighted by Crippen LogP contribution is 2.29. The molecule has 0 spiro atoms. The molecule has 0 bridgehead atoms. The zero-order chi connectivity index (χ0) is 23.3. The molecule has 5 heteroatoms. The number of carbonyl (C=O) groups is 1. The van der Waals surface area contributed by atoms with Gasteiger partial charge in [-0.3, -0.25) is 9.52 Å². The molecule has 0 aliphatic carbocycles. The fourth-order valence-corrected chi connectivity index (χ4v) is 5.22. The van der Waals surface area contributed by atoms with Crippen molar-refractivity contribution in [3.63, 3.8) is 0 Å². The van der Waals surface area contributed by atoms with E-state index in [1.807, 2.05) is 24.1 Å². The number of aryl methyl sites for hydroxylation is 1. The molecule has 0 atom stereocenters. The molecule has 0 aliphatic heterocycles. The van der Waals surface area contributed by atoms with E-state index >= 15 is 0 Å². The highest BCUT2D eigenvalue weighted by atomic mass is 32.2. The summed E-state index contributed by atoms with van der Waals surface area (Å²) >= 11 is 1.87. The molecule has 180 valence electrons. The number of amides is 1. The fourth-order valence-electron chi connectivity index (χ4n) is 4.44. The molecule has 3 aromatic rings. The van der Waals surface area contributed by atoms with Gasteiger partial charge in [0.25, 0.3) is 5.91 Å². The Morgan fingerprint density at radius 3 is 2.39 bits per heavy atom. The summed E-state index contributed by atoms with van der Waals surface area (Å²) in [6, 6.07) is 14.5. The van der Waals surface area contributed by atoms with Crippen molar-refractivity contribution in [3.05, 3.63) is 48.0 Å². The molecule has 0 unspecified atom stereocenters. The Labute approximate surface area is 204 Å². The molecule has 1 aromatic heterocycles. The van der Waals surface area contributed by atoms with E-state index in [4.69, 9.17) is 0 Å². The van der Waals surface area contributed by atoms with E-state index in [-0.39, 0.29) is 5.91 Å². The number of nitrogens with zero attached hydrogens (tertiary/aromatic N) is 1. The van der Waals surface area contributed by atoms with Crippen molar-refractivity contribution < 1.29 is 4.79 Å². The summed E-state index contributed by atoms with van der Waals surface area (Å²) in [5, 5.41) is 5.47. The van der Waals surface area contributed by atoms with E-state index in [0.29, 0.717) is 0 Å². The molecule has 0 saturated heterocycles. The van der Waals surface area contributed by atoms with Crippen molar-refractivity contribution in [2.45, 2.75) is 78.2 Å². The summed E-state index contributed by atoms with van der Waals surface area (Å²) in [4.78, 5) is 12.7. The van der Waals surface area contributed by atoms with Gasteiger partial charge in [-0.2, -0.15) is 0 Å². The van der Waals surface area contributed by atoms with Crippen molar-refractivity contribution in [1.82, 2.24) is 14.6 Å². The Morgan fingerprint density at radius 2 is 1.55 bits per heavy atom. The first-order chi connectivity index (χ1) is 16.3. The standard InChI is InChI=1S/C28H41N3OS/c1-3-5-6-7-8-14-21-33-30-20-13-9-12-19-29-28(32)23-17-18-27-25(22-23)24-15-10-11-16-26(24)31(27)4-2/h10-11,15-18,22,30H,3-9,12-14,19-21H2,1-2H3,(H,29,32). The van der Waals surface area contributed by atoms with Crippen molar-refractivity contribution in [2.24, 2.45) is 0 Å². The Morgan fingerprint density at radius 1 is 0.818 bits per heavy atom. The van der Waals surface area contributed by atoms with Gasteiger partial charge >= 0.3 is 0 Å². The van der Waals surface area contributed by atoms with Crippen molar-refractivity contribution >= 4 is 39.7 Å². The van der Waals surface area contributed by atoms with Gasteiger partial charge in [0.1, 0.15) is 0 Å². The smallest absolute Gasteiger partial charge is 0.251 e. The third-order valence-corrected chi connectivity index (χ3v) is 7.20. The van der Waals surface area contributed by atoms with E-state index in [2.05, 4.69) is 58.8 Å². The predicted octanol–water partition coefficient (Wildman–Crippen LogP) is 7.31. The second-order valence-corrected chi connectivity index (χ2v) is 9.81. The summed E-state index contributed by atoms with van der Waals surface area (Å²) in [7, 11) is 0. The summed E-state index contributed by atoms with van der Waals surface area (Å²) < 4.78 is 5.79. The van der Waals surface area contributed by atoms with Crippen LogP contribution in [0.2, 0.25) is 0 Å². The van der Waals surface area contributed by atoms with E-state index in [9.17, 15) is 4.79 Å². The fraction of sp³-hybridized carbons (Fsp3) is 0.536. The SMILES string of the molecule is CCCCCCCCSNCCCCCNC(=O)c1ccc2c(c1)c1ccccc1n2CC. The monoisotopic (exact) mass is 467 g/mol. The van der Waals surface area contributed by atoms with Crippen molar-refractivity contribution in [2.75, 3.05) is 18.8 Å². The zero-order valence-corrected chi connectivity index (χ0v) is 21.3. The third-order valence-electron chi connectivity index (χ3n) is 6.29. The van der Waals surface area contributed by atoms with Gasteiger partial charge in [0, 0.05) is 52.8 Å².